The maximum absolute atomic E-state index is 14.1. The fraction of sp³-hybridized carbons (Fsp3) is 0.436. The molecule has 0 atom stereocenters. The molecule has 256 valence electrons. The van der Waals surface area contributed by atoms with Crippen molar-refractivity contribution in [1.29, 1.82) is 0 Å². The number of rotatable bonds is 7. The van der Waals surface area contributed by atoms with Crippen molar-refractivity contribution in [1.82, 2.24) is 29.6 Å². The van der Waals surface area contributed by atoms with Crippen LogP contribution >= 0.6 is 0 Å². The van der Waals surface area contributed by atoms with E-state index in [0.717, 1.165) is 91.0 Å². The highest BCUT2D eigenvalue weighted by molar-refractivity contribution is 5.97. The molecule has 10 nitrogen and oxygen atoms in total. The third-order valence-corrected chi connectivity index (χ3v) is 10.6. The van der Waals surface area contributed by atoms with Gasteiger partial charge in [0.1, 0.15) is 5.75 Å². The van der Waals surface area contributed by atoms with E-state index in [2.05, 4.69) is 28.1 Å². The number of aromatic amines is 1. The summed E-state index contributed by atoms with van der Waals surface area (Å²) < 4.78 is 5.65. The zero-order valence-electron chi connectivity index (χ0n) is 28.6. The normalized spacial score (nSPS) is 18.2. The van der Waals surface area contributed by atoms with E-state index in [4.69, 9.17) is 9.72 Å². The number of piperazine rings is 1. The summed E-state index contributed by atoms with van der Waals surface area (Å²) in [6.45, 7) is 10.0. The number of likely N-dealkylation sites (tertiary alicyclic amines) is 2. The summed E-state index contributed by atoms with van der Waals surface area (Å²) in [5, 5.41) is 1.13. The fourth-order valence-corrected chi connectivity index (χ4v) is 7.67. The number of hydrogen-bond acceptors (Lipinski definition) is 6. The molecule has 0 bridgehead atoms. The van der Waals surface area contributed by atoms with Crippen LogP contribution in [0.1, 0.15) is 49.9 Å². The lowest BCUT2D eigenvalue weighted by molar-refractivity contribution is -0.141. The molecule has 3 fully saturated rings. The Kier molecular flexibility index (Phi) is 9.66. The van der Waals surface area contributed by atoms with E-state index in [0.29, 0.717) is 44.4 Å². The first-order valence-electron chi connectivity index (χ1n) is 17.8. The van der Waals surface area contributed by atoms with Gasteiger partial charge in [0.15, 0.2) is 0 Å². The van der Waals surface area contributed by atoms with E-state index in [9.17, 15) is 14.4 Å². The Morgan fingerprint density at radius 1 is 0.755 bits per heavy atom. The minimum absolute atomic E-state index is 0.0210. The molecule has 0 radical (unpaired) electrons. The third kappa shape index (κ3) is 7.20. The van der Waals surface area contributed by atoms with E-state index in [-0.39, 0.29) is 23.6 Å². The fourth-order valence-electron chi connectivity index (χ4n) is 7.67. The maximum atomic E-state index is 14.1. The lowest BCUT2D eigenvalue weighted by Crippen LogP contribution is -2.55. The van der Waals surface area contributed by atoms with E-state index in [1.165, 1.54) is 0 Å². The first kappa shape index (κ1) is 32.8. The second kappa shape index (κ2) is 14.4. The molecule has 0 spiro atoms. The van der Waals surface area contributed by atoms with Crippen LogP contribution in [0.5, 0.6) is 5.75 Å². The molecule has 0 aliphatic carbocycles. The molecule has 3 aliphatic heterocycles. The van der Waals surface area contributed by atoms with Gasteiger partial charge in [0.25, 0.3) is 5.91 Å². The molecule has 7 rings (SSSR count). The molecular weight excluding hydrogens is 616 g/mol. The average molecular weight is 663 g/mol. The molecule has 0 saturated carbocycles. The molecule has 3 saturated heterocycles. The summed E-state index contributed by atoms with van der Waals surface area (Å²) in [7, 11) is 0. The van der Waals surface area contributed by atoms with Crippen LogP contribution in [0.25, 0.3) is 33.4 Å². The standard InChI is InChI=1S/C39H46N6O4/c1-3-49-34-8-6-28(7-9-34)36-25-32(26-37(41-36)31-5-4-29-10-15-40-35(29)24-31)39(48)45-22-20-43(21-23-45)33-13-18-44(19-14-33)38(47)30-11-16-42(17-12-30)27(2)46/h4-10,15,24-26,30,33,40H,3,11-14,16-23H2,1-2H3. The Morgan fingerprint density at radius 2 is 1.41 bits per heavy atom. The molecule has 5 heterocycles. The third-order valence-electron chi connectivity index (χ3n) is 10.6. The SMILES string of the molecule is CCOc1ccc(-c2cc(C(=O)N3CCN(C4CCN(C(=O)C5CCN(C(C)=O)CC5)CC4)CC3)cc(-c3ccc4cc[nH]c4c3)n2)cc1. The number of H-pyrrole nitrogens is 1. The zero-order valence-corrected chi connectivity index (χ0v) is 28.6. The summed E-state index contributed by atoms with van der Waals surface area (Å²) in [5.41, 5.74) is 5.05. The number of fused-ring (bicyclic) bond motifs is 1. The number of carbonyl (C=O) groups is 3. The summed E-state index contributed by atoms with van der Waals surface area (Å²) in [4.78, 5) is 55.7. The summed E-state index contributed by atoms with van der Waals surface area (Å²) in [5.74, 6) is 1.20. The molecule has 10 heteroatoms. The Hall–Kier alpha value is -4.70. The van der Waals surface area contributed by atoms with Gasteiger partial charge in [-0.25, -0.2) is 4.98 Å². The smallest absolute Gasteiger partial charge is 0.254 e. The van der Waals surface area contributed by atoms with Crippen molar-refractivity contribution in [2.75, 3.05) is 59.0 Å². The molecule has 49 heavy (non-hydrogen) atoms. The highest BCUT2D eigenvalue weighted by Crippen LogP contribution is 2.30. The number of nitrogens with one attached hydrogen (secondary N) is 1. The van der Waals surface area contributed by atoms with E-state index >= 15 is 0 Å². The van der Waals surface area contributed by atoms with Gasteiger partial charge in [-0.05, 0) is 86.5 Å². The quantitative estimate of drug-likeness (QED) is 0.288. The molecule has 3 amide bonds. The van der Waals surface area contributed by atoms with E-state index in [1.54, 1.807) is 6.92 Å². The number of nitrogens with zero attached hydrogens (tertiary/aromatic N) is 5. The highest BCUT2D eigenvalue weighted by Gasteiger charge is 2.34. The Balaban J connectivity index is 1.00. The maximum Gasteiger partial charge on any atom is 0.254 e. The van der Waals surface area contributed by atoms with Crippen molar-refractivity contribution in [3.63, 3.8) is 0 Å². The van der Waals surface area contributed by atoms with Crippen molar-refractivity contribution >= 4 is 28.6 Å². The van der Waals surface area contributed by atoms with Gasteiger partial charge in [0.2, 0.25) is 11.8 Å². The van der Waals surface area contributed by atoms with Gasteiger partial charge in [-0.1, -0.05) is 12.1 Å². The summed E-state index contributed by atoms with van der Waals surface area (Å²) >= 11 is 0. The van der Waals surface area contributed by atoms with Crippen LogP contribution < -0.4 is 4.74 Å². The summed E-state index contributed by atoms with van der Waals surface area (Å²) in [6.07, 6.45) is 5.36. The van der Waals surface area contributed by atoms with E-state index in [1.807, 2.05) is 70.3 Å². The number of carbonyl (C=O) groups excluding carboxylic acids is 3. The van der Waals surface area contributed by atoms with Gasteiger partial charge in [0, 0.05) is 99.6 Å². The number of amides is 3. The van der Waals surface area contributed by atoms with Gasteiger partial charge in [-0.15, -0.1) is 0 Å². The molecule has 1 N–H and O–H groups in total. The summed E-state index contributed by atoms with van der Waals surface area (Å²) in [6, 6.07) is 20.4. The molecule has 0 unspecified atom stereocenters. The first-order valence-corrected chi connectivity index (χ1v) is 17.8. The van der Waals surface area contributed by atoms with Gasteiger partial charge in [-0.3, -0.25) is 19.3 Å². The van der Waals surface area contributed by atoms with Crippen molar-refractivity contribution in [3.05, 3.63) is 72.4 Å². The number of hydrogen-bond donors (Lipinski definition) is 1. The second-order valence-corrected chi connectivity index (χ2v) is 13.5. The molecule has 3 aliphatic rings. The Morgan fingerprint density at radius 3 is 2.08 bits per heavy atom. The lowest BCUT2D eigenvalue weighted by atomic mass is 9.93. The topological polar surface area (TPSA) is 102 Å². The van der Waals surface area contributed by atoms with Crippen molar-refractivity contribution in [2.45, 2.75) is 45.6 Å². The van der Waals surface area contributed by atoms with Gasteiger partial charge < -0.3 is 24.4 Å². The van der Waals surface area contributed by atoms with Crippen molar-refractivity contribution < 1.29 is 19.1 Å². The lowest BCUT2D eigenvalue weighted by Gasteiger charge is -2.43. The van der Waals surface area contributed by atoms with Gasteiger partial charge >= 0.3 is 0 Å². The second-order valence-electron chi connectivity index (χ2n) is 13.5. The van der Waals surface area contributed by atoms with Crippen LogP contribution in [0.3, 0.4) is 0 Å². The van der Waals surface area contributed by atoms with Crippen LogP contribution in [-0.2, 0) is 9.59 Å². The monoisotopic (exact) mass is 662 g/mol. The minimum Gasteiger partial charge on any atom is -0.494 e. The zero-order chi connectivity index (χ0) is 33.9. The molecule has 2 aromatic heterocycles. The molecule has 4 aromatic rings. The predicted molar refractivity (Wildman–Crippen MR) is 190 cm³/mol. The van der Waals surface area contributed by atoms with Crippen molar-refractivity contribution in [2.24, 2.45) is 5.92 Å². The number of piperidine rings is 2. The molecular formula is C39H46N6O4. The number of benzene rings is 2. The predicted octanol–water partition coefficient (Wildman–Crippen LogP) is 5.30. The first-order chi connectivity index (χ1) is 23.9. The van der Waals surface area contributed by atoms with Crippen LogP contribution in [0, 0.1) is 5.92 Å². The minimum atomic E-state index is 0.0210. The highest BCUT2D eigenvalue weighted by atomic mass is 16.5. The van der Waals surface area contributed by atoms with Crippen LogP contribution in [0.15, 0.2) is 66.9 Å². The number of aromatic nitrogens is 2. The number of ether oxygens (including phenoxy) is 1. The Bertz CT molecular complexity index is 1800. The van der Waals surface area contributed by atoms with Crippen LogP contribution in [0.2, 0.25) is 0 Å². The Labute approximate surface area is 288 Å². The van der Waals surface area contributed by atoms with Crippen LogP contribution in [0.4, 0.5) is 0 Å². The largest absolute Gasteiger partial charge is 0.494 e. The van der Waals surface area contributed by atoms with Crippen LogP contribution in [-0.4, -0.2) is 112 Å². The number of pyridine rings is 1. The van der Waals surface area contributed by atoms with Gasteiger partial charge in [-0.2, -0.15) is 0 Å². The van der Waals surface area contributed by atoms with Crippen molar-refractivity contribution in [3.8, 4) is 28.3 Å². The van der Waals surface area contributed by atoms with Gasteiger partial charge in [0.05, 0.1) is 18.0 Å². The molecule has 2 aromatic carbocycles. The average Bonchev–Trinajstić information content (AvgIpc) is 3.63. The van der Waals surface area contributed by atoms with E-state index < -0.39 is 0 Å².